The second-order valence-corrected chi connectivity index (χ2v) is 2.85. The number of hydrogen-bond acceptors (Lipinski definition) is 1. The standard InChI is InChI=1S/C10H12O2/c1-8(6-7-10(11)12)9-4-2-3-5-9/h2-5H,6-7H2,1H3,(H,11,12). The van der Waals surface area contributed by atoms with Gasteiger partial charge in [0.15, 0.2) is 0 Å². The van der Waals surface area contributed by atoms with Crippen LogP contribution in [0.1, 0.15) is 19.8 Å². The monoisotopic (exact) mass is 164 g/mol. The quantitative estimate of drug-likeness (QED) is 0.694. The molecule has 0 saturated heterocycles. The van der Waals surface area contributed by atoms with Crippen LogP contribution in [0.4, 0.5) is 0 Å². The predicted molar refractivity (Wildman–Crippen MR) is 47.8 cm³/mol. The van der Waals surface area contributed by atoms with Crippen molar-refractivity contribution < 1.29 is 9.90 Å². The van der Waals surface area contributed by atoms with Crippen molar-refractivity contribution in [3.05, 3.63) is 35.5 Å². The molecule has 2 heteroatoms. The number of rotatable bonds is 3. The molecule has 12 heavy (non-hydrogen) atoms. The Bertz CT molecular complexity index is 256. The Hall–Kier alpha value is -1.31. The van der Waals surface area contributed by atoms with Gasteiger partial charge in [-0.3, -0.25) is 4.79 Å². The van der Waals surface area contributed by atoms with E-state index in [0.29, 0.717) is 6.42 Å². The van der Waals surface area contributed by atoms with Gasteiger partial charge in [-0.05, 0) is 18.9 Å². The summed E-state index contributed by atoms with van der Waals surface area (Å²) < 4.78 is 0. The summed E-state index contributed by atoms with van der Waals surface area (Å²) in [4.78, 5) is 10.3. The first-order valence-electron chi connectivity index (χ1n) is 3.96. The van der Waals surface area contributed by atoms with E-state index >= 15 is 0 Å². The van der Waals surface area contributed by atoms with Gasteiger partial charge in [0.2, 0.25) is 0 Å². The predicted octanol–water partition coefficient (Wildman–Crippen LogP) is 2.29. The lowest BCUT2D eigenvalue weighted by Crippen LogP contribution is -1.94. The van der Waals surface area contributed by atoms with Crippen LogP contribution in [0.15, 0.2) is 35.5 Å². The summed E-state index contributed by atoms with van der Waals surface area (Å²) in [6.45, 7) is 1.97. The van der Waals surface area contributed by atoms with Crippen LogP contribution in [0.25, 0.3) is 0 Å². The van der Waals surface area contributed by atoms with Gasteiger partial charge in [-0.2, -0.15) is 0 Å². The van der Waals surface area contributed by atoms with Crippen molar-refractivity contribution in [1.29, 1.82) is 0 Å². The summed E-state index contributed by atoms with van der Waals surface area (Å²) in [5.74, 6) is -0.735. The van der Waals surface area contributed by atoms with Crippen LogP contribution in [0.3, 0.4) is 0 Å². The highest BCUT2D eigenvalue weighted by Gasteiger charge is 2.01. The zero-order valence-corrected chi connectivity index (χ0v) is 7.08. The van der Waals surface area contributed by atoms with Gasteiger partial charge in [0.05, 0.1) is 0 Å². The topological polar surface area (TPSA) is 37.3 Å². The van der Waals surface area contributed by atoms with Crippen molar-refractivity contribution >= 4 is 5.97 Å². The van der Waals surface area contributed by atoms with Crippen LogP contribution in [-0.4, -0.2) is 11.1 Å². The molecule has 0 aromatic carbocycles. The van der Waals surface area contributed by atoms with Crippen molar-refractivity contribution in [2.75, 3.05) is 0 Å². The summed E-state index contributed by atoms with van der Waals surface area (Å²) in [6, 6.07) is 0. The van der Waals surface area contributed by atoms with Gasteiger partial charge in [-0.25, -0.2) is 0 Å². The second kappa shape index (κ2) is 3.90. The van der Waals surface area contributed by atoms with Crippen molar-refractivity contribution in [2.45, 2.75) is 19.8 Å². The molecule has 0 aromatic heterocycles. The van der Waals surface area contributed by atoms with Crippen LogP contribution >= 0.6 is 0 Å². The van der Waals surface area contributed by atoms with E-state index in [-0.39, 0.29) is 6.42 Å². The molecular weight excluding hydrogens is 152 g/mol. The average Bonchev–Trinajstić information content (AvgIpc) is 2.51. The third-order valence-electron chi connectivity index (χ3n) is 1.87. The Morgan fingerprint density at radius 3 is 2.42 bits per heavy atom. The second-order valence-electron chi connectivity index (χ2n) is 2.85. The molecule has 0 aromatic rings. The van der Waals surface area contributed by atoms with E-state index < -0.39 is 5.97 Å². The van der Waals surface area contributed by atoms with Gasteiger partial charge in [0.1, 0.15) is 0 Å². The first kappa shape index (κ1) is 8.78. The minimum absolute atomic E-state index is 0.219. The molecule has 1 N–H and O–H groups in total. The molecule has 64 valence electrons. The van der Waals surface area contributed by atoms with Crippen molar-refractivity contribution in [3.8, 4) is 0 Å². The number of carboxylic acids is 1. The first-order valence-corrected chi connectivity index (χ1v) is 3.96. The molecule has 0 spiro atoms. The SMILES string of the molecule is CC(CCC(=O)O)=C1C=CC=C1. The van der Waals surface area contributed by atoms with Crippen LogP contribution in [0, 0.1) is 0 Å². The molecule has 0 amide bonds. The largest absolute Gasteiger partial charge is 0.481 e. The Labute approximate surface area is 71.9 Å². The fourth-order valence-corrected chi connectivity index (χ4v) is 1.10. The van der Waals surface area contributed by atoms with E-state index in [1.54, 1.807) is 0 Å². The van der Waals surface area contributed by atoms with Gasteiger partial charge in [-0.1, -0.05) is 29.9 Å². The first-order chi connectivity index (χ1) is 5.70. The van der Waals surface area contributed by atoms with E-state index in [4.69, 9.17) is 5.11 Å². The number of carboxylic acid groups (broad SMARTS) is 1. The molecule has 0 bridgehead atoms. The summed E-state index contributed by atoms with van der Waals surface area (Å²) >= 11 is 0. The van der Waals surface area contributed by atoms with Gasteiger partial charge in [0, 0.05) is 6.42 Å². The fraction of sp³-hybridized carbons (Fsp3) is 0.300. The molecule has 0 unspecified atom stereocenters. The number of allylic oxidation sites excluding steroid dienone is 6. The lowest BCUT2D eigenvalue weighted by molar-refractivity contribution is -0.136. The normalized spacial score (nSPS) is 13.9. The molecule has 1 rings (SSSR count). The summed E-state index contributed by atoms with van der Waals surface area (Å²) in [5.41, 5.74) is 2.29. The van der Waals surface area contributed by atoms with E-state index in [1.165, 1.54) is 0 Å². The third-order valence-corrected chi connectivity index (χ3v) is 1.87. The summed E-state index contributed by atoms with van der Waals surface area (Å²) in [5, 5.41) is 8.45. The van der Waals surface area contributed by atoms with E-state index in [0.717, 1.165) is 11.1 Å². The lowest BCUT2D eigenvalue weighted by atomic mass is 10.1. The number of aliphatic carboxylic acids is 1. The molecule has 0 heterocycles. The number of carbonyl (C=O) groups is 1. The van der Waals surface area contributed by atoms with Gasteiger partial charge >= 0.3 is 5.97 Å². The molecule has 2 nitrogen and oxygen atoms in total. The summed E-state index contributed by atoms with van der Waals surface area (Å²) in [7, 11) is 0. The van der Waals surface area contributed by atoms with Gasteiger partial charge in [0.25, 0.3) is 0 Å². The highest BCUT2D eigenvalue weighted by atomic mass is 16.4. The number of hydrogen-bond donors (Lipinski definition) is 1. The smallest absolute Gasteiger partial charge is 0.303 e. The Kier molecular flexibility index (Phi) is 2.86. The van der Waals surface area contributed by atoms with E-state index in [9.17, 15) is 4.79 Å². The van der Waals surface area contributed by atoms with Crippen LogP contribution < -0.4 is 0 Å². The van der Waals surface area contributed by atoms with Gasteiger partial charge < -0.3 is 5.11 Å². The highest BCUT2D eigenvalue weighted by Crippen LogP contribution is 2.16. The van der Waals surface area contributed by atoms with Crippen molar-refractivity contribution in [3.63, 3.8) is 0 Å². The molecule has 0 fully saturated rings. The molecule has 1 aliphatic rings. The van der Waals surface area contributed by atoms with Crippen molar-refractivity contribution in [2.24, 2.45) is 0 Å². The zero-order chi connectivity index (χ0) is 8.97. The zero-order valence-electron chi connectivity index (χ0n) is 7.08. The maximum absolute atomic E-state index is 10.3. The molecular formula is C10H12O2. The maximum Gasteiger partial charge on any atom is 0.303 e. The Balaban J connectivity index is 2.52. The summed E-state index contributed by atoms with van der Waals surface area (Å²) in [6.07, 6.45) is 8.77. The molecule has 0 atom stereocenters. The van der Waals surface area contributed by atoms with Gasteiger partial charge in [-0.15, -0.1) is 0 Å². The minimum atomic E-state index is -0.735. The minimum Gasteiger partial charge on any atom is -0.481 e. The van der Waals surface area contributed by atoms with Crippen LogP contribution in [-0.2, 0) is 4.79 Å². The maximum atomic E-state index is 10.3. The average molecular weight is 164 g/mol. The Morgan fingerprint density at radius 2 is 1.92 bits per heavy atom. The van der Waals surface area contributed by atoms with Crippen LogP contribution in [0.2, 0.25) is 0 Å². The Morgan fingerprint density at radius 1 is 1.33 bits per heavy atom. The van der Waals surface area contributed by atoms with E-state index in [1.807, 2.05) is 31.2 Å². The molecule has 1 aliphatic carbocycles. The third kappa shape index (κ3) is 2.38. The fourth-order valence-electron chi connectivity index (χ4n) is 1.10. The highest BCUT2D eigenvalue weighted by molar-refractivity contribution is 5.67. The lowest BCUT2D eigenvalue weighted by Gasteiger charge is -2.00. The van der Waals surface area contributed by atoms with Crippen molar-refractivity contribution in [1.82, 2.24) is 0 Å². The van der Waals surface area contributed by atoms with E-state index in [2.05, 4.69) is 0 Å². The molecule has 0 aliphatic heterocycles. The molecule has 0 radical (unpaired) electrons. The molecule has 0 saturated carbocycles. The van der Waals surface area contributed by atoms with Crippen LogP contribution in [0.5, 0.6) is 0 Å².